The number of rotatable bonds is 9. The van der Waals surface area contributed by atoms with Crippen LogP contribution in [0.4, 0.5) is 0 Å². The fourth-order valence-corrected chi connectivity index (χ4v) is 3.12. The van der Waals surface area contributed by atoms with Crippen molar-refractivity contribution in [2.75, 3.05) is 26.2 Å². The smallest absolute Gasteiger partial charge is 0.287 e. The van der Waals surface area contributed by atoms with Crippen molar-refractivity contribution < 1.29 is 14.3 Å². The van der Waals surface area contributed by atoms with Crippen LogP contribution in [0, 0.1) is 6.92 Å². The molecule has 0 aliphatic heterocycles. The zero-order valence-corrected chi connectivity index (χ0v) is 18.0. The Labute approximate surface area is 180 Å². The van der Waals surface area contributed by atoms with Gasteiger partial charge in [-0.05, 0) is 50.1 Å². The Morgan fingerprint density at radius 3 is 2.48 bits per heavy atom. The third-order valence-electron chi connectivity index (χ3n) is 4.04. The van der Waals surface area contributed by atoms with Gasteiger partial charge in [0.25, 0.3) is 5.91 Å². The van der Waals surface area contributed by atoms with Crippen molar-refractivity contribution in [3.8, 4) is 0 Å². The molecule has 0 fully saturated rings. The summed E-state index contributed by atoms with van der Waals surface area (Å²) < 4.78 is 5.16. The number of carbonyl (C=O) groups excluding carboxylic acids is 1. The van der Waals surface area contributed by atoms with Crippen LogP contribution in [0.25, 0.3) is 0 Å². The summed E-state index contributed by atoms with van der Waals surface area (Å²) in [5.41, 5.74) is 1.42. The van der Waals surface area contributed by atoms with Crippen LogP contribution in [0.3, 0.4) is 0 Å². The van der Waals surface area contributed by atoms with Crippen LogP contribution < -0.4 is 16.0 Å². The van der Waals surface area contributed by atoms with Gasteiger partial charge in [-0.2, -0.15) is 0 Å². The Morgan fingerprint density at radius 2 is 1.86 bits per heavy atom. The lowest BCUT2D eigenvalue weighted by Crippen LogP contribution is -2.39. The Balaban J connectivity index is 1.78. The van der Waals surface area contributed by atoms with E-state index in [-0.39, 0.29) is 12.5 Å². The number of guanidine groups is 1. The third kappa shape index (κ3) is 7.61. The van der Waals surface area contributed by atoms with E-state index < -0.39 is 6.10 Å². The molecule has 0 radical (unpaired) electrons. The van der Waals surface area contributed by atoms with Gasteiger partial charge >= 0.3 is 0 Å². The lowest BCUT2D eigenvalue weighted by atomic mass is 10.1. The van der Waals surface area contributed by atoms with Gasteiger partial charge < -0.3 is 25.5 Å². The van der Waals surface area contributed by atoms with Crippen LogP contribution in [0.2, 0.25) is 10.0 Å². The van der Waals surface area contributed by atoms with E-state index >= 15 is 0 Å². The zero-order valence-electron chi connectivity index (χ0n) is 16.5. The highest BCUT2D eigenvalue weighted by Gasteiger charge is 2.12. The van der Waals surface area contributed by atoms with E-state index in [1.807, 2.05) is 13.8 Å². The molecule has 29 heavy (non-hydrogen) atoms. The molecule has 7 nitrogen and oxygen atoms in total. The standard InChI is InChI=1S/C20H26Cl2N4O3/c1-3-23-20(26-12-17(27)14-9-15(21)11-16(22)10-14)25-7-4-6-24-19(28)18-13(2)5-8-29-18/h5,8-11,17,27H,3-4,6-7,12H2,1-2H3,(H,24,28)(H2,23,25,26). The van der Waals surface area contributed by atoms with Gasteiger partial charge in [0.1, 0.15) is 0 Å². The quantitative estimate of drug-likeness (QED) is 0.272. The molecule has 0 aliphatic carbocycles. The summed E-state index contributed by atoms with van der Waals surface area (Å²) >= 11 is 12.0. The van der Waals surface area contributed by atoms with E-state index in [1.165, 1.54) is 6.26 Å². The Kier molecular flexibility index (Phi) is 9.31. The number of hydrogen-bond acceptors (Lipinski definition) is 4. The maximum Gasteiger partial charge on any atom is 0.287 e. The average Bonchev–Trinajstić information content (AvgIpc) is 3.10. The largest absolute Gasteiger partial charge is 0.459 e. The molecule has 1 atom stereocenters. The predicted octanol–water partition coefficient (Wildman–Crippen LogP) is 3.30. The number of carbonyl (C=O) groups is 1. The number of aliphatic hydroxyl groups is 1. The van der Waals surface area contributed by atoms with Crippen molar-refractivity contribution in [3.05, 3.63) is 57.5 Å². The molecule has 1 aromatic heterocycles. The second-order valence-electron chi connectivity index (χ2n) is 6.41. The summed E-state index contributed by atoms with van der Waals surface area (Å²) in [7, 11) is 0. The molecular formula is C20H26Cl2N4O3. The van der Waals surface area contributed by atoms with Crippen molar-refractivity contribution in [1.82, 2.24) is 16.0 Å². The number of aliphatic hydroxyl groups excluding tert-OH is 1. The predicted molar refractivity (Wildman–Crippen MR) is 116 cm³/mol. The molecule has 1 unspecified atom stereocenters. The van der Waals surface area contributed by atoms with Crippen LogP contribution in [0.5, 0.6) is 0 Å². The van der Waals surface area contributed by atoms with Crippen LogP contribution in [0.15, 0.2) is 39.9 Å². The molecule has 0 saturated carbocycles. The van der Waals surface area contributed by atoms with E-state index in [1.54, 1.807) is 24.3 Å². The van der Waals surface area contributed by atoms with Gasteiger partial charge in [0.05, 0.1) is 18.9 Å². The monoisotopic (exact) mass is 440 g/mol. The first-order chi connectivity index (χ1) is 13.9. The summed E-state index contributed by atoms with van der Waals surface area (Å²) in [4.78, 5) is 16.4. The highest BCUT2D eigenvalue weighted by molar-refractivity contribution is 6.34. The topological polar surface area (TPSA) is 98.9 Å². The average molecular weight is 441 g/mol. The summed E-state index contributed by atoms with van der Waals surface area (Å²) in [6.45, 7) is 5.71. The molecular weight excluding hydrogens is 415 g/mol. The summed E-state index contributed by atoms with van der Waals surface area (Å²) in [5.74, 6) is 0.687. The van der Waals surface area contributed by atoms with Crippen LogP contribution in [-0.2, 0) is 0 Å². The van der Waals surface area contributed by atoms with Gasteiger partial charge in [0, 0.05) is 35.2 Å². The highest BCUT2D eigenvalue weighted by Crippen LogP contribution is 2.23. The van der Waals surface area contributed by atoms with Crippen molar-refractivity contribution in [2.45, 2.75) is 26.4 Å². The minimum atomic E-state index is -0.822. The maximum absolute atomic E-state index is 12.0. The molecule has 0 aliphatic rings. The lowest BCUT2D eigenvalue weighted by Gasteiger charge is -2.14. The Morgan fingerprint density at radius 1 is 1.17 bits per heavy atom. The minimum Gasteiger partial charge on any atom is -0.459 e. The number of benzene rings is 1. The molecule has 2 aromatic rings. The zero-order chi connectivity index (χ0) is 21.2. The third-order valence-corrected chi connectivity index (χ3v) is 4.47. The number of halogens is 2. The van der Waals surface area contributed by atoms with Gasteiger partial charge in [-0.15, -0.1) is 0 Å². The maximum atomic E-state index is 12.0. The first kappa shape index (κ1) is 23.1. The molecule has 158 valence electrons. The van der Waals surface area contributed by atoms with Gasteiger partial charge in [-0.3, -0.25) is 9.79 Å². The molecule has 4 N–H and O–H groups in total. The van der Waals surface area contributed by atoms with Gasteiger partial charge in [0.2, 0.25) is 0 Å². The van der Waals surface area contributed by atoms with Crippen LogP contribution >= 0.6 is 23.2 Å². The molecule has 1 heterocycles. The van der Waals surface area contributed by atoms with E-state index in [0.29, 0.717) is 53.4 Å². The van der Waals surface area contributed by atoms with Crippen LogP contribution in [0.1, 0.15) is 41.1 Å². The van der Waals surface area contributed by atoms with Crippen molar-refractivity contribution >= 4 is 35.1 Å². The highest BCUT2D eigenvalue weighted by atomic mass is 35.5. The number of furan rings is 1. The van der Waals surface area contributed by atoms with Crippen molar-refractivity contribution in [1.29, 1.82) is 0 Å². The SMILES string of the molecule is CCNC(=NCC(O)c1cc(Cl)cc(Cl)c1)NCCCNC(=O)c1occc1C. The summed E-state index contributed by atoms with van der Waals surface area (Å²) in [6.07, 6.45) is 1.37. The minimum absolute atomic E-state index is 0.153. The fourth-order valence-electron chi connectivity index (χ4n) is 2.58. The molecule has 0 saturated heterocycles. The second-order valence-corrected chi connectivity index (χ2v) is 7.28. The van der Waals surface area contributed by atoms with Crippen molar-refractivity contribution in [2.24, 2.45) is 4.99 Å². The normalized spacial score (nSPS) is 12.5. The summed E-state index contributed by atoms with van der Waals surface area (Å²) in [6, 6.07) is 6.69. The number of nitrogens with one attached hydrogen (secondary N) is 3. The molecule has 2 rings (SSSR count). The Hall–Kier alpha value is -2.22. The number of amides is 1. The first-order valence-electron chi connectivity index (χ1n) is 9.39. The molecule has 0 spiro atoms. The van der Waals surface area contributed by atoms with E-state index in [9.17, 15) is 9.90 Å². The number of aliphatic imine (C=N–C) groups is 1. The van der Waals surface area contributed by atoms with E-state index in [2.05, 4.69) is 20.9 Å². The second kappa shape index (κ2) is 11.7. The van der Waals surface area contributed by atoms with Gasteiger partial charge in [0.15, 0.2) is 11.7 Å². The first-order valence-corrected chi connectivity index (χ1v) is 10.1. The van der Waals surface area contributed by atoms with Gasteiger partial charge in [-0.1, -0.05) is 23.2 Å². The van der Waals surface area contributed by atoms with E-state index in [0.717, 1.165) is 5.56 Å². The Bertz CT molecular complexity index is 819. The molecule has 9 heteroatoms. The van der Waals surface area contributed by atoms with Crippen molar-refractivity contribution in [3.63, 3.8) is 0 Å². The number of nitrogens with zero attached hydrogens (tertiary/aromatic N) is 1. The van der Waals surface area contributed by atoms with Gasteiger partial charge in [-0.25, -0.2) is 0 Å². The molecule has 1 amide bonds. The molecule has 0 bridgehead atoms. The number of hydrogen-bond donors (Lipinski definition) is 4. The summed E-state index contributed by atoms with van der Waals surface area (Å²) in [5, 5.41) is 20.4. The molecule has 1 aromatic carbocycles. The fraction of sp³-hybridized carbons (Fsp3) is 0.400. The number of aryl methyl sites for hydroxylation is 1. The lowest BCUT2D eigenvalue weighted by molar-refractivity contribution is 0.0925. The van der Waals surface area contributed by atoms with Crippen LogP contribution in [-0.4, -0.2) is 43.2 Å². The van der Waals surface area contributed by atoms with E-state index in [4.69, 9.17) is 27.6 Å².